The highest BCUT2D eigenvalue weighted by molar-refractivity contribution is 6.23. The fraction of sp³-hybridized carbons (Fsp3) is 0.0500. The highest BCUT2D eigenvalue weighted by Crippen LogP contribution is 2.32. The first kappa shape index (κ1) is 14.0. The molecule has 0 aliphatic carbocycles. The maximum Gasteiger partial charge on any atom is 0.153 e. The Morgan fingerprint density at radius 2 is 1.65 bits per heavy atom. The van der Waals surface area contributed by atoms with E-state index in [9.17, 15) is 0 Å². The SMILES string of the molecule is ClC1N=C(C=Cc2cccc3ccccc23)Nc2ccccc21. The molecule has 1 heterocycles. The summed E-state index contributed by atoms with van der Waals surface area (Å²) in [6, 6.07) is 22.6. The van der Waals surface area contributed by atoms with E-state index in [2.05, 4.69) is 58.8 Å². The second-order valence-corrected chi connectivity index (χ2v) is 5.88. The number of aliphatic imine (C=N–C) groups is 1. The zero-order chi connectivity index (χ0) is 15.6. The van der Waals surface area contributed by atoms with Gasteiger partial charge in [-0.1, -0.05) is 78.3 Å². The average molecular weight is 319 g/mol. The van der Waals surface area contributed by atoms with E-state index in [1.165, 1.54) is 10.8 Å². The van der Waals surface area contributed by atoms with Crippen LogP contribution in [0.15, 0.2) is 77.8 Å². The molecule has 0 fully saturated rings. The van der Waals surface area contributed by atoms with Gasteiger partial charge < -0.3 is 5.32 Å². The predicted octanol–water partition coefficient (Wildman–Crippen LogP) is 5.61. The van der Waals surface area contributed by atoms with Crippen LogP contribution in [0.2, 0.25) is 0 Å². The molecule has 1 atom stereocenters. The van der Waals surface area contributed by atoms with Crippen molar-refractivity contribution in [3.63, 3.8) is 0 Å². The van der Waals surface area contributed by atoms with Gasteiger partial charge in [-0.05, 0) is 28.5 Å². The van der Waals surface area contributed by atoms with E-state index >= 15 is 0 Å². The van der Waals surface area contributed by atoms with Crippen molar-refractivity contribution in [2.45, 2.75) is 5.50 Å². The van der Waals surface area contributed by atoms with Crippen LogP contribution in [-0.2, 0) is 0 Å². The molecular formula is C20H15ClN2. The van der Waals surface area contributed by atoms with Crippen molar-refractivity contribution in [1.82, 2.24) is 0 Å². The summed E-state index contributed by atoms with van der Waals surface area (Å²) in [5.74, 6) is 0.775. The van der Waals surface area contributed by atoms with Gasteiger partial charge in [0.2, 0.25) is 0 Å². The van der Waals surface area contributed by atoms with Crippen LogP contribution in [0.4, 0.5) is 5.69 Å². The number of hydrogen-bond donors (Lipinski definition) is 1. The standard InChI is InChI=1S/C20H15ClN2/c21-20-17-10-3-4-11-18(17)22-19(23-20)13-12-15-8-5-7-14-6-1-2-9-16(14)15/h1-13,20H,(H,22,23). The van der Waals surface area contributed by atoms with E-state index in [1.807, 2.05) is 30.3 Å². The number of rotatable bonds is 2. The molecule has 0 aromatic heterocycles. The first-order chi connectivity index (χ1) is 11.3. The van der Waals surface area contributed by atoms with Crippen molar-refractivity contribution in [2.75, 3.05) is 5.32 Å². The fourth-order valence-electron chi connectivity index (χ4n) is 2.83. The molecule has 3 aromatic carbocycles. The van der Waals surface area contributed by atoms with Gasteiger partial charge in [0.05, 0.1) is 0 Å². The topological polar surface area (TPSA) is 24.4 Å². The lowest BCUT2D eigenvalue weighted by molar-refractivity contribution is 1.00. The first-order valence-electron chi connectivity index (χ1n) is 7.55. The van der Waals surface area contributed by atoms with Gasteiger partial charge in [-0.3, -0.25) is 0 Å². The zero-order valence-corrected chi connectivity index (χ0v) is 13.2. The number of anilines is 1. The van der Waals surface area contributed by atoms with Gasteiger partial charge in [-0.2, -0.15) is 0 Å². The summed E-state index contributed by atoms with van der Waals surface area (Å²) in [6.07, 6.45) is 4.05. The lowest BCUT2D eigenvalue weighted by Crippen LogP contribution is -2.16. The summed E-state index contributed by atoms with van der Waals surface area (Å²) in [5, 5.41) is 5.78. The quantitative estimate of drug-likeness (QED) is 0.481. The van der Waals surface area contributed by atoms with Crippen LogP contribution in [0.5, 0.6) is 0 Å². The van der Waals surface area contributed by atoms with Gasteiger partial charge in [-0.25, -0.2) is 4.99 Å². The number of alkyl halides is 1. The van der Waals surface area contributed by atoms with Gasteiger partial charge in [0.15, 0.2) is 5.50 Å². The van der Waals surface area contributed by atoms with Crippen LogP contribution in [0.1, 0.15) is 16.6 Å². The predicted molar refractivity (Wildman–Crippen MR) is 99.1 cm³/mol. The third-order valence-electron chi connectivity index (χ3n) is 3.98. The molecule has 0 radical (unpaired) electrons. The van der Waals surface area contributed by atoms with Crippen LogP contribution < -0.4 is 5.32 Å². The lowest BCUT2D eigenvalue weighted by atomic mass is 10.0. The van der Waals surface area contributed by atoms with Gasteiger partial charge in [0.25, 0.3) is 0 Å². The molecule has 3 aromatic rings. The second kappa shape index (κ2) is 5.90. The van der Waals surface area contributed by atoms with Gasteiger partial charge in [0.1, 0.15) is 5.84 Å². The molecule has 4 rings (SSSR count). The third-order valence-corrected chi connectivity index (χ3v) is 4.31. The minimum Gasteiger partial charge on any atom is -0.340 e. The monoisotopic (exact) mass is 318 g/mol. The van der Waals surface area contributed by atoms with Crippen LogP contribution >= 0.6 is 11.6 Å². The van der Waals surface area contributed by atoms with Crippen LogP contribution in [-0.4, -0.2) is 5.84 Å². The molecule has 0 spiro atoms. The lowest BCUT2D eigenvalue weighted by Gasteiger charge is -2.19. The zero-order valence-electron chi connectivity index (χ0n) is 12.4. The molecular weight excluding hydrogens is 304 g/mol. The van der Waals surface area contributed by atoms with Crippen LogP contribution in [0.3, 0.4) is 0 Å². The Kier molecular flexibility index (Phi) is 3.60. The third kappa shape index (κ3) is 2.73. The summed E-state index contributed by atoms with van der Waals surface area (Å²) in [5.41, 5.74) is 2.84. The summed E-state index contributed by atoms with van der Waals surface area (Å²) >= 11 is 6.36. The number of para-hydroxylation sites is 1. The highest BCUT2D eigenvalue weighted by Gasteiger charge is 2.17. The van der Waals surface area contributed by atoms with E-state index in [0.717, 1.165) is 22.6 Å². The highest BCUT2D eigenvalue weighted by atomic mass is 35.5. The molecule has 23 heavy (non-hydrogen) atoms. The minimum absolute atomic E-state index is 0.348. The Bertz CT molecular complexity index is 922. The Morgan fingerprint density at radius 1 is 0.870 bits per heavy atom. The Labute approximate surface area is 140 Å². The minimum atomic E-state index is -0.348. The molecule has 1 unspecified atom stereocenters. The Balaban J connectivity index is 1.67. The molecule has 112 valence electrons. The van der Waals surface area contributed by atoms with Crippen molar-refractivity contribution in [3.05, 3.63) is 83.9 Å². The van der Waals surface area contributed by atoms with Gasteiger partial charge in [-0.15, -0.1) is 0 Å². The van der Waals surface area contributed by atoms with E-state index in [1.54, 1.807) is 0 Å². The number of halogens is 1. The molecule has 1 N–H and O–H groups in total. The molecule has 0 amide bonds. The van der Waals surface area contributed by atoms with Crippen molar-refractivity contribution >= 4 is 40.0 Å². The van der Waals surface area contributed by atoms with E-state index in [-0.39, 0.29) is 5.50 Å². The Hall–Kier alpha value is -2.58. The second-order valence-electron chi connectivity index (χ2n) is 5.46. The number of hydrogen-bond acceptors (Lipinski definition) is 2. The number of nitrogens with zero attached hydrogens (tertiary/aromatic N) is 1. The average Bonchev–Trinajstić information content (AvgIpc) is 2.60. The molecule has 0 saturated carbocycles. The molecule has 2 nitrogen and oxygen atoms in total. The van der Waals surface area contributed by atoms with Gasteiger partial charge >= 0.3 is 0 Å². The summed E-state index contributed by atoms with van der Waals surface area (Å²) in [7, 11) is 0. The van der Waals surface area contributed by atoms with E-state index in [4.69, 9.17) is 11.6 Å². The first-order valence-corrected chi connectivity index (χ1v) is 7.98. The molecule has 1 aliphatic heterocycles. The van der Waals surface area contributed by atoms with Crippen molar-refractivity contribution in [2.24, 2.45) is 4.99 Å². The number of fused-ring (bicyclic) bond motifs is 2. The van der Waals surface area contributed by atoms with Gasteiger partial charge in [0, 0.05) is 11.3 Å². The number of benzene rings is 3. The molecule has 3 heteroatoms. The largest absolute Gasteiger partial charge is 0.340 e. The summed E-state index contributed by atoms with van der Waals surface area (Å²) in [4.78, 5) is 4.50. The number of amidine groups is 1. The maximum atomic E-state index is 6.36. The molecule has 0 bridgehead atoms. The van der Waals surface area contributed by atoms with Crippen molar-refractivity contribution < 1.29 is 0 Å². The fourth-order valence-corrected chi connectivity index (χ4v) is 3.13. The van der Waals surface area contributed by atoms with Crippen molar-refractivity contribution in [1.29, 1.82) is 0 Å². The normalized spacial score (nSPS) is 16.9. The summed E-state index contributed by atoms with van der Waals surface area (Å²) < 4.78 is 0. The number of nitrogens with one attached hydrogen (secondary N) is 1. The van der Waals surface area contributed by atoms with Crippen LogP contribution in [0, 0.1) is 0 Å². The van der Waals surface area contributed by atoms with Crippen molar-refractivity contribution in [3.8, 4) is 0 Å². The van der Waals surface area contributed by atoms with E-state index < -0.39 is 0 Å². The summed E-state index contributed by atoms with van der Waals surface area (Å²) in [6.45, 7) is 0. The molecule has 1 aliphatic rings. The molecule has 0 saturated heterocycles. The Morgan fingerprint density at radius 3 is 2.61 bits per heavy atom. The van der Waals surface area contributed by atoms with E-state index in [0.29, 0.717) is 0 Å². The van der Waals surface area contributed by atoms with Crippen LogP contribution in [0.25, 0.3) is 16.8 Å². The smallest absolute Gasteiger partial charge is 0.153 e. The maximum absolute atomic E-state index is 6.36.